The smallest absolute Gasteiger partial charge is 0.251 e. The minimum Gasteiger partial charge on any atom is -0.454 e. The molecule has 28 heavy (non-hydrogen) atoms. The van der Waals surface area contributed by atoms with E-state index in [1.807, 2.05) is 29.4 Å². The highest BCUT2D eigenvalue weighted by atomic mass is 35.5. The maximum absolute atomic E-state index is 13.3. The summed E-state index contributed by atoms with van der Waals surface area (Å²) in [6, 6.07) is 9.69. The second-order valence-corrected chi connectivity index (χ2v) is 7.36. The highest BCUT2D eigenvalue weighted by Crippen LogP contribution is 2.38. The van der Waals surface area contributed by atoms with Gasteiger partial charge in [0.25, 0.3) is 5.91 Å². The Kier molecular flexibility index (Phi) is 4.14. The first-order valence-electron chi connectivity index (χ1n) is 8.95. The number of nitrogens with zero attached hydrogens (tertiary/aromatic N) is 2. The fourth-order valence-electron chi connectivity index (χ4n) is 3.75. The second kappa shape index (κ2) is 6.68. The molecule has 1 amide bonds. The van der Waals surface area contributed by atoms with Crippen LogP contribution in [0.2, 0.25) is 5.02 Å². The van der Waals surface area contributed by atoms with E-state index in [2.05, 4.69) is 5.43 Å². The number of rotatable bonds is 3. The lowest BCUT2D eigenvalue weighted by molar-refractivity contribution is -0.134. The molecule has 0 aromatic heterocycles. The molecule has 5 rings (SSSR count). The van der Waals surface area contributed by atoms with Gasteiger partial charge in [0, 0.05) is 17.4 Å². The second-order valence-electron chi connectivity index (χ2n) is 6.95. The van der Waals surface area contributed by atoms with Crippen molar-refractivity contribution in [3.8, 4) is 11.5 Å². The van der Waals surface area contributed by atoms with Gasteiger partial charge < -0.3 is 19.4 Å². The van der Waals surface area contributed by atoms with Crippen LogP contribution >= 0.6 is 11.6 Å². The normalized spacial score (nSPS) is 22.7. The molecule has 6 nitrogen and oxygen atoms in total. The molecule has 3 aliphatic rings. The van der Waals surface area contributed by atoms with Crippen molar-refractivity contribution in [1.82, 2.24) is 15.3 Å². The molecule has 0 aliphatic carbocycles. The third-order valence-corrected chi connectivity index (χ3v) is 5.58. The Morgan fingerprint density at radius 1 is 1.14 bits per heavy atom. The van der Waals surface area contributed by atoms with Crippen molar-refractivity contribution in [2.24, 2.45) is 0 Å². The molecule has 0 radical (unpaired) electrons. The van der Waals surface area contributed by atoms with Gasteiger partial charge >= 0.3 is 0 Å². The lowest BCUT2D eigenvalue weighted by Gasteiger charge is -2.32. The van der Waals surface area contributed by atoms with E-state index >= 15 is 0 Å². The summed E-state index contributed by atoms with van der Waals surface area (Å²) < 4.78 is 24.1. The molecule has 1 fully saturated rings. The summed E-state index contributed by atoms with van der Waals surface area (Å²) in [4.78, 5) is 14.6. The van der Waals surface area contributed by atoms with Gasteiger partial charge in [0.15, 0.2) is 11.5 Å². The van der Waals surface area contributed by atoms with E-state index in [0.29, 0.717) is 23.6 Å². The van der Waals surface area contributed by atoms with Crippen molar-refractivity contribution in [1.29, 1.82) is 0 Å². The molecule has 2 unspecified atom stereocenters. The molecule has 2 atom stereocenters. The highest BCUT2D eigenvalue weighted by Gasteiger charge is 2.40. The van der Waals surface area contributed by atoms with E-state index < -0.39 is 5.82 Å². The molecule has 144 valence electrons. The van der Waals surface area contributed by atoms with Crippen molar-refractivity contribution >= 4 is 17.5 Å². The van der Waals surface area contributed by atoms with Crippen LogP contribution in [0.4, 0.5) is 4.39 Å². The minimum atomic E-state index is -0.396. The van der Waals surface area contributed by atoms with Gasteiger partial charge in [-0.2, -0.15) is 0 Å². The molecular formula is C20H17ClFN3O3. The van der Waals surface area contributed by atoms with E-state index in [1.165, 1.54) is 12.1 Å². The number of nitrogens with one attached hydrogen (secondary N) is 1. The zero-order valence-electron chi connectivity index (χ0n) is 14.8. The predicted molar refractivity (Wildman–Crippen MR) is 99.8 cm³/mol. The van der Waals surface area contributed by atoms with Crippen LogP contribution in [0.3, 0.4) is 0 Å². The van der Waals surface area contributed by atoms with Crippen LogP contribution in [0.25, 0.3) is 0 Å². The number of benzene rings is 2. The number of carbonyl (C=O) groups is 1. The van der Waals surface area contributed by atoms with Gasteiger partial charge in [0.05, 0.1) is 12.6 Å². The maximum atomic E-state index is 13.3. The molecule has 2 aromatic rings. The van der Waals surface area contributed by atoms with E-state index in [1.54, 1.807) is 17.2 Å². The Hall–Kier alpha value is -2.77. The molecule has 3 aliphatic heterocycles. The minimum absolute atomic E-state index is 0.0116. The molecule has 8 heteroatoms. The van der Waals surface area contributed by atoms with Crippen molar-refractivity contribution in [2.45, 2.75) is 25.0 Å². The summed E-state index contributed by atoms with van der Waals surface area (Å²) in [5, 5.41) is 2.15. The fourth-order valence-corrected chi connectivity index (χ4v) is 3.97. The molecule has 0 saturated carbocycles. The zero-order valence-corrected chi connectivity index (χ0v) is 15.5. The summed E-state index contributed by atoms with van der Waals surface area (Å²) in [5.74, 6) is 1.03. The Labute approximate surface area is 166 Å². The molecular weight excluding hydrogens is 385 g/mol. The number of hydrogen-bond donors (Lipinski definition) is 1. The Balaban J connectivity index is 1.32. The van der Waals surface area contributed by atoms with Gasteiger partial charge in [-0.1, -0.05) is 23.7 Å². The van der Waals surface area contributed by atoms with Crippen LogP contribution in [0, 0.1) is 5.82 Å². The van der Waals surface area contributed by atoms with E-state index in [9.17, 15) is 9.18 Å². The van der Waals surface area contributed by atoms with Gasteiger partial charge in [-0.25, -0.2) is 9.82 Å². The monoisotopic (exact) mass is 401 g/mol. The van der Waals surface area contributed by atoms with Crippen molar-refractivity contribution < 1.29 is 18.7 Å². The van der Waals surface area contributed by atoms with Crippen molar-refractivity contribution in [2.75, 3.05) is 6.79 Å². The number of hydrogen-bond acceptors (Lipinski definition) is 5. The first kappa shape index (κ1) is 17.3. The average molecular weight is 402 g/mol. The molecule has 3 heterocycles. The average Bonchev–Trinajstić information content (AvgIpc) is 3.32. The summed E-state index contributed by atoms with van der Waals surface area (Å²) in [7, 11) is 0. The van der Waals surface area contributed by atoms with E-state index in [0.717, 1.165) is 17.1 Å². The SMILES string of the molecule is O=C1C2CC(c3ccc4c(c3)OCO4)NN2C=CN1Cc1ccc(F)cc1Cl. The number of ether oxygens (including phenoxy) is 2. The van der Waals surface area contributed by atoms with Gasteiger partial charge in [-0.05, 0) is 41.8 Å². The van der Waals surface area contributed by atoms with Crippen molar-refractivity contribution in [3.63, 3.8) is 0 Å². The zero-order chi connectivity index (χ0) is 19.3. The largest absolute Gasteiger partial charge is 0.454 e. The summed E-state index contributed by atoms with van der Waals surface area (Å²) in [6.45, 7) is 0.529. The number of carbonyl (C=O) groups excluding carboxylic acids is 1. The lowest BCUT2D eigenvalue weighted by atomic mass is 10.0. The third kappa shape index (κ3) is 2.96. The van der Waals surface area contributed by atoms with Crippen LogP contribution in [0.1, 0.15) is 23.6 Å². The van der Waals surface area contributed by atoms with Gasteiger partial charge in [-0.3, -0.25) is 4.79 Å². The number of amides is 1. The Morgan fingerprint density at radius 3 is 2.86 bits per heavy atom. The van der Waals surface area contributed by atoms with Crippen LogP contribution in [-0.2, 0) is 11.3 Å². The fraction of sp³-hybridized carbons (Fsp3) is 0.250. The first-order valence-corrected chi connectivity index (χ1v) is 9.33. The number of halogens is 2. The van der Waals surface area contributed by atoms with Crippen LogP contribution in [-0.4, -0.2) is 28.7 Å². The number of fused-ring (bicyclic) bond motifs is 2. The van der Waals surface area contributed by atoms with E-state index in [4.69, 9.17) is 21.1 Å². The molecule has 0 bridgehead atoms. The molecule has 0 spiro atoms. The van der Waals surface area contributed by atoms with Crippen molar-refractivity contribution in [3.05, 3.63) is 70.8 Å². The summed E-state index contributed by atoms with van der Waals surface area (Å²) in [5.41, 5.74) is 5.10. The predicted octanol–water partition coefficient (Wildman–Crippen LogP) is 3.34. The van der Waals surface area contributed by atoms with Gasteiger partial charge in [0.2, 0.25) is 6.79 Å². The third-order valence-electron chi connectivity index (χ3n) is 5.23. The Morgan fingerprint density at radius 2 is 2.00 bits per heavy atom. The van der Waals surface area contributed by atoms with Crippen LogP contribution < -0.4 is 14.9 Å². The van der Waals surface area contributed by atoms with E-state index in [-0.39, 0.29) is 24.8 Å². The lowest BCUT2D eigenvalue weighted by Crippen LogP contribution is -2.47. The highest BCUT2D eigenvalue weighted by molar-refractivity contribution is 6.31. The standard InChI is InChI=1S/C20H17ClFN3O3/c21-15-8-14(22)3-1-13(15)10-24-5-6-25-17(20(24)26)9-16(23-25)12-2-4-18-19(7-12)28-11-27-18/h1-8,16-17,23H,9-11H2. The molecule has 1 saturated heterocycles. The molecule has 1 N–H and O–H groups in total. The quantitative estimate of drug-likeness (QED) is 0.855. The maximum Gasteiger partial charge on any atom is 0.251 e. The number of hydrazine groups is 1. The molecule has 2 aromatic carbocycles. The van der Waals surface area contributed by atoms with Crippen LogP contribution in [0.15, 0.2) is 48.8 Å². The van der Waals surface area contributed by atoms with Gasteiger partial charge in [0.1, 0.15) is 11.9 Å². The summed E-state index contributed by atoms with van der Waals surface area (Å²) >= 11 is 6.11. The first-order chi connectivity index (χ1) is 13.6. The topological polar surface area (TPSA) is 54.0 Å². The Bertz CT molecular complexity index is 983. The summed E-state index contributed by atoms with van der Waals surface area (Å²) in [6.07, 6.45) is 4.18. The van der Waals surface area contributed by atoms with Gasteiger partial charge in [-0.15, -0.1) is 0 Å². The van der Waals surface area contributed by atoms with Crippen LogP contribution in [0.5, 0.6) is 11.5 Å².